The van der Waals surface area contributed by atoms with Crippen LogP contribution in [-0.2, 0) is 4.74 Å². The van der Waals surface area contributed by atoms with Crippen molar-refractivity contribution in [3.05, 3.63) is 35.4 Å². The Hall–Kier alpha value is -0.770. The van der Waals surface area contributed by atoms with Gasteiger partial charge in [0, 0.05) is 4.86 Å². The van der Waals surface area contributed by atoms with Gasteiger partial charge in [-0.3, -0.25) is 4.90 Å². The molecule has 0 radical (unpaired) electrons. The van der Waals surface area contributed by atoms with Crippen LogP contribution in [0.1, 0.15) is 18.1 Å². The topological polar surface area (TPSA) is 12.5 Å². The van der Waals surface area contributed by atoms with E-state index in [4.69, 9.17) is 17.0 Å². The first kappa shape index (κ1) is 11.7. The molecule has 1 aromatic carbocycles. The summed E-state index contributed by atoms with van der Waals surface area (Å²) in [7, 11) is 2.05. The summed E-state index contributed by atoms with van der Waals surface area (Å²) in [5.41, 5.74) is 2.23. The van der Waals surface area contributed by atoms with E-state index >= 15 is 0 Å². The molecule has 3 heteroatoms. The Morgan fingerprint density at radius 1 is 1.38 bits per heavy atom. The molecule has 0 aliphatic carbocycles. The summed E-state index contributed by atoms with van der Waals surface area (Å²) in [5, 5.41) is 0. The number of ether oxygens (including phenoxy) is 1. The van der Waals surface area contributed by atoms with Crippen LogP contribution in [0.15, 0.2) is 24.3 Å². The number of likely N-dealkylation sites (N-methyl/N-ethyl adjacent to an activating group) is 1. The van der Waals surface area contributed by atoms with Crippen molar-refractivity contribution in [2.24, 2.45) is 0 Å². The van der Waals surface area contributed by atoms with Gasteiger partial charge >= 0.3 is 0 Å². The van der Waals surface area contributed by atoms with E-state index in [0.29, 0.717) is 13.3 Å². The minimum atomic E-state index is -0.148. The van der Waals surface area contributed by atoms with E-state index in [9.17, 15) is 0 Å². The van der Waals surface area contributed by atoms with Crippen molar-refractivity contribution in [1.29, 1.82) is 0 Å². The Morgan fingerprint density at radius 3 is 2.50 bits per heavy atom. The van der Waals surface area contributed by atoms with E-state index in [1.165, 1.54) is 5.56 Å². The van der Waals surface area contributed by atoms with Crippen LogP contribution in [0.4, 0.5) is 0 Å². The van der Waals surface area contributed by atoms with Crippen molar-refractivity contribution in [3.63, 3.8) is 0 Å². The van der Waals surface area contributed by atoms with Crippen LogP contribution in [0.2, 0.25) is 0 Å². The maximum absolute atomic E-state index is 5.59. The van der Waals surface area contributed by atoms with E-state index in [2.05, 4.69) is 43.0 Å². The summed E-state index contributed by atoms with van der Waals surface area (Å²) in [4.78, 5) is 3.13. The number of nitrogens with zero attached hydrogens (tertiary/aromatic N) is 1. The maximum atomic E-state index is 5.59. The molecule has 0 amide bonds. The molecule has 86 valence electrons. The third-order valence-corrected chi connectivity index (χ3v) is 3.99. The summed E-state index contributed by atoms with van der Waals surface area (Å²) in [5.74, 6) is 0. The molecule has 1 unspecified atom stereocenters. The molecule has 0 N–H and O–H groups in total. The summed E-state index contributed by atoms with van der Waals surface area (Å²) in [6, 6.07) is 8.38. The Balaban J connectivity index is 2.28. The fourth-order valence-corrected chi connectivity index (χ4v) is 2.24. The van der Waals surface area contributed by atoms with Gasteiger partial charge in [-0.15, -0.1) is 0 Å². The van der Waals surface area contributed by atoms with Crippen molar-refractivity contribution in [3.8, 4) is 0 Å². The van der Waals surface area contributed by atoms with E-state index in [1.807, 2.05) is 7.05 Å². The fourth-order valence-electron chi connectivity index (χ4n) is 1.89. The molecule has 1 atom stereocenters. The van der Waals surface area contributed by atoms with Gasteiger partial charge in [-0.25, -0.2) is 0 Å². The highest BCUT2D eigenvalue weighted by atomic mass is 32.1. The Labute approximate surface area is 102 Å². The zero-order chi connectivity index (χ0) is 11.8. The first-order valence-electron chi connectivity index (χ1n) is 5.44. The number of hydrogen-bond donors (Lipinski definition) is 0. The number of hydrogen-bond acceptors (Lipinski definition) is 3. The van der Waals surface area contributed by atoms with Crippen molar-refractivity contribution in [2.45, 2.75) is 19.4 Å². The van der Waals surface area contributed by atoms with E-state index < -0.39 is 0 Å². The van der Waals surface area contributed by atoms with Crippen LogP contribution in [0.5, 0.6) is 0 Å². The molecule has 1 aliphatic rings. The second-order valence-electron chi connectivity index (χ2n) is 4.64. The van der Waals surface area contributed by atoms with Gasteiger partial charge in [-0.1, -0.05) is 42.0 Å². The van der Waals surface area contributed by atoms with Gasteiger partial charge in [-0.2, -0.15) is 0 Å². The molecule has 1 aromatic rings. The van der Waals surface area contributed by atoms with Gasteiger partial charge in [0.1, 0.15) is 0 Å². The number of thiocarbonyl (C=S) groups is 1. The van der Waals surface area contributed by atoms with Gasteiger partial charge < -0.3 is 4.74 Å². The van der Waals surface area contributed by atoms with Crippen molar-refractivity contribution in [2.75, 3.05) is 20.4 Å². The van der Waals surface area contributed by atoms with Crippen LogP contribution < -0.4 is 0 Å². The quantitative estimate of drug-likeness (QED) is 0.577. The largest absolute Gasteiger partial charge is 0.364 e. The van der Waals surface area contributed by atoms with Crippen LogP contribution in [0, 0.1) is 6.92 Å². The molecule has 0 spiro atoms. The predicted octanol–water partition coefficient (Wildman–Crippen LogP) is 2.39. The first-order chi connectivity index (χ1) is 7.54. The summed E-state index contributed by atoms with van der Waals surface area (Å²) in [6.45, 7) is 5.56. The Kier molecular flexibility index (Phi) is 3.10. The van der Waals surface area contributed by atoms with E-state index in [-0.39, 0.29) is 5.54 Å². The molecule has 2 nitrogen and oxygen atoms in total. The molecule has 1 fully saturated rings. The second kappa shape index (κ2) is 4.24. The molecule has 1 saturated heterocycles. The lowest BCUT2D eigenvalue weighted by molar-refractivity contribution is 0.153. The lowest BCUT2D eigenvalue weighted by Gasteiger charge is -2.30. The minimum absolute atomic E-state index is 0.148. The van der Waals surface area contributed by atoms with Crippen LogP contribution in [-0.4, -0.2) is 35.7 Å². The maximum Gasteiger partial charge on any atom is 0.0996 e. The highest BCUT2D eigenvalue weighted by Crippen LogP contribution is 2.26. The van der Waals surface area contributed by atoms with Crippen molar-refractivity contribution < 1.29 is 4.74 Å². The third-order valence-electron chi connectivity index (χ3n) is 3.31. The molecule has 1 heterocycles. The number of aryl methyl sites for hydroxylation is 1. The standard InChI is InChI=1S/C13H17NOS/c1-10-4-6-11(7-5-10)12(16)13(2)8-15-9-14(13)3/h4-7H,8-9H2,1-3H3. The molecule has 16 heavy (non-hydrogen) atoms. The van der Waals surface area contributed by atoms with Gasteiger partial charge in [0.25, 0.3) is 0 Å². The summed E-state index contributed by atoms with van der Waals surface area (Å²) >= 11 is 5.59. The smallest absolute Gasteiger partial charge is 0.0996 e. The Bertz CT molecular complexity index is 401. The third kappa shape index (κ3) is 1.90. The number of rotatable bonds is 2. The average molecular weight is 235 g/mol. The monoisotopic (exact) mass is 235 g/mol. The average Bonchev–Trinajstić information content (AvgIpc) is 2.61. The highest BCUT2D eigenvalue weighted by molar-refractivity contribution is 7.81. The van der Waals surface area contributed by atoms with Crippen LogP contribution >= 0.6 is 12.2 Å². The molecule has 2 rings (SSSR count). The summed E-state index contributed by atoms with van der Waals surface area (Å²) < 4.78 is 5.48. The fraction of sp³-hybridized carbons (Fsp3) is 0.462. The van der Waals surface area contributed by atoms with Gasteiger partial charge in [0.2, 0.25) is 0 Å². The lowest BCUT2D eigenvalue weighted by Crippen LogP contribution is -2.47. The van der Waals surface area contributed by atoms with E-state index in [0.717, 1.165) is 10.4 Å². The summed E-state index contributed by atoms with van der Waals surface area (Å²) in [6.07, 6.45) is 0. The molecule has 0 bridgehead atoms. The van der Waals surface area contributed by atoms with Crippen molar-refractivity contribution >= 4 is 17.1 Å². The molecule has 0 aromatic heterocycles. The second-order valence-corrected chi connectivity index (χ2v) is 5.05. The predicted molar refractivity (Wildman–Crippen MR) is 69.9 cm³/mol. The zero-order valence-corrected chi connectivity index (χ0v) is 10.8. The molecule has 1 aliphatic heterocycles. The first-order valence-corrected chi connectivity index (χ1v) is 5.85. The molecular weight excluding hydrogens is 218 g/mol. The highest BCUT2D eigenvalue weighted by Gasteiger charge is 2.39. The lowest BCUT2D eigenvalue weighted by atomic mass is 9.92. The van der Waals surface area contributed by atoms with Gasteiger partial charge in [-0.05, 0) is 26.5 Å². The zero-order valence-electron chi connectivity index (χ0n) is 9.99. The molecular formula is C13H17NOS. The van der Waals surface area contributed by atoms with E-state index in [1.54, 1.807) is 0 Å². The van der Waals surface area contributed by atoms with Gasteiger partial charge in [0.15, 0.2) is 0 Å². The van der Waals surface area contributed by atoms with Crippen LogP contribution in [0.3, 0.4) is 0 Å². The normalized spacial score (nSPS) is 25.9. The SMILES string of the molecule is Cc1ccc(C(=S)C2(C)COCN2C)cc1. The number of benzene rings is 1. The van der Waals surface area contributed by atoms with Crippen LogP contribution in [0.25, 0.3) is 0 Å². The Morgan fingerprint density at radius 2 is 2.00 bits per heavy atom. The van der Waals surface area contributed by atoms with Crippen molar-refractivity contribution in [1.82, 2.24) is 4.90 Å². The van der Waals surface area contributed by atoms with Gasteiger partial charge in [0.05, 0.1) is 18.9 Å². The minimum Gasteiger partial charge on any atom is -0.364 e. The molecule has 0 saturated carbocycles.